The number of nitrogens with one attached hydrogen (secondary N) is 2. The minimum absolute atomic E-state index is 0.117. The average Bonchev–Trinajstić information content (AvgIpc) is 2.45. The quantitative estimate of drug-likeness (QED) is 0.656. The Kier molecular flexibility index (Phi) is 5.25. The first-order valence-corrected chi connectivity index (χ1v) is 7.99. The van der Waals surface area contributed by atoms with Crippen LogP contribution in [-0.2, 0) is 0 Å². The van der Waals surface area contributed by atoms with Gasteiger partial charge in [0.2, 0.25) is 0 Å². The van der Waals surface area contributed by atoms with Crippen LogP contribution in [-0.4, -0.2) is 12.5 Å². The van der Waals surface area contributed by atoms with Gasteiger partial charge in [0.25, 0.3) is 5.91 Å². The first-order chi connectivity index (χ1) is 10.0. The third-order valence-electron chi connectivity index (χ3n) is 2.85. The first-order valence-electron chi connectivity index (χ1n) is 6.41. The van der Waals surface area contributed by atoms with E-state index in [9.17, 15) is 4.79 Å². The fraction of sp³-hybridized carbons (Fsp3) is 0.133. The van der Waals surface area contributed by atoms with Gasteiger partial charge in [-0.1, -0.05) is 15.9 Å². The van der Waals surface area contributed by atoms with E-state index in [0.717, 1.165) is 14.6 Å². The van der Waals surface area contributed by atoms with Gasteiger partial charge < -0.3 is 16.4 Å². The van der Waals surface area contributed by atoms with Crippen LogP contribution in [0.2, 0.25) is 0 Å². The van der Waals surface area contributed by atoms with Crippen LogP contribution in [0.1, 0.15) is 17.3 Å². The summed E-state index contributed by atoms with van der Waals surface area (Å²) in [7, 11) is 0. The van der Waals surface area contributed by atoms with Crippen molar-refractivity contribution in [1.29, 1.82) is 0 Å². The van der Waals surface area contributed by atoms with Gasteiger partial charge >= 0.3 is 0 Å². The van der Waals surface area contributed by atoms with Crippen LogP contribution in [0.25, 0.3) is 0 Å². The third kappa shape index (κ3) is 3.98. The van der Waals surface area contributed by atoms with Crippen molar-refractivity contribution in [3.05, 3.63) is 50.9 Å². The molecule has 0 aliphatic carbocycles. The molecule has 2 aromatic rings. The molecule has 0 spiro atoms. The number of nitrogens with two attached hydrogens (primary N) is 1. The number of nitrogen functional groups attached to an aromatic ring is 1. The van der Waals surface area contributed by atoms with E-state index < -0.39 is 0 Å². The van der Waals surface area contributed by atoms with Crippen LogP contribution < -0.4 is 16.4 Å². The number of rotatable bonds is 4. The number of halogens is 2. The third-order valence-corrected chi connectivity index (χ3v) is 4.04. The summed E-state index contributed by atoms with van der Waals surface area (Å²) in [5, 5.41) is 6.01. The molecule has 0 saturated carbocycles. The Morgan fingerprint density at radius 2 is 1.90 bits per heavy atom. The Morgan fingerprint density at radius 1 is 1.14 bits per heavy atom. The average molecular weight is 413 g/mol. The molecule has 21 heavy (non-hydrogen) atoms. The monoisotopic (exact) mass is 411 g/mol. The topological polar surface area (TPSA) is 67.2 Å². The van der Waals surface area contributed by atoms with Gasteiger partial charge in [0, 0.05) is 21.1 Å². The molecule has 0 radical (unpaired) electrons. The van der Waals surface area contributed by atoms with Crippen LogP contribution in [0.15, 0.2) is 45.3 Å². The highest BCUT2D eigenvalue weighted by Crippen LogP contribution is 2.31. The molecule has 2 aromatic carbocycles. The lowest BCUT2D eigenvalue weighted by Gasteiger charge is -2.13. The van der Waals surface area contributed by atoms with Crippen molar-refractivity contribution in [3.63, 3.8) is 0 Å². The van der Waals surface area contributed by atoms with Crippen molar-refractivity contribution in [2.45, 2.75) is 6.92 Å². The van der Waals surface area contributed by atoms with Crippen molar-refractivity contribution in [1.82, 2.24) is 5.32 Å². The maximum atomic E-state index is 11.9. The van der Waals surface area contributed by atoms with Crippen molar-refractivity contribution < 1.29 is 4.79 Å². The molecule has 110 valence electrons. The molecule has 0 fully saturated rings. The second-order valence-corrected chi connectivity index (χ2v) is 6.18. The predicted molar refractivity (Wildman–Crippen MR) is 94.0 cm³/mol. The molecule has 4 N–H and O–H groups in total. The second-order valence-electron chi connectivity index (χ2n) is 4.41. The van der Waals surface area contributed by atoms with Gasteiger partial charge in [-0.15, -0.1) is 0 Å². The molecule has 0 heterocycles. The molecule has 0 bridgehead atoms. The number of hydrogen-bond donors (Lipinski definition) is 3. The van der Waals surface area contributed by atoms with E-state index >= 15 is 0 Å². The fourth-order valence-electron chi connectivity index (χ4n) is 1.81. The molecule has 0 saturated heterocycles. The summed E-state index contributed by atoms with van der Waals surface area (Å²) in [5.41, 5.74) is 8.68. The Hall–Kier alpha value is -1.53. The van der Waals surface area contributed by atoms with Crippen molar-refractivity contribution >= 4 is 54.8 Å². The molecule has 0 aromatic heterocycles. The van der Waals surface area contributed by atoms with Crippen LogP contribution in [0.5, 0.6) is 0 Å². The van der Waals surface area contributed by atoms with Gasteiger partial charge in [0.1, 0.15) is 0 Å². The fourth-order valence-corrected chi connectivity index (χ4v) is 2.51. The molecular weight excluding hydrogens is 398 g/mol. The zero-order valence-electron chi connectivity index (χ0n) is 11.4. The Balaban J connectivity index is 2.33. The zero-order valence-corrected chi connectivity index (χ0v) is 14.6. The molecule has 0 aliphatic heterocycles. The number of carbonyl (C=O) groups excluding carboxylic acids is 1. The molecule has 4 nitrogen and oxygen atoms in total. The largest absolute Gasteiger partial charge is 0.397 e. The summed E-state index contributed by atoms with van der Waals surface area (Å²) in [4.78, 5) is 11.9. The number of hydrogen-bond acceptors (Lipinski definition) is 3. The van der Waals surface area contributed by atoms with E-state index in [1.165, 1.54) is 0 Å². The van der Waals surface area contributed by atoms with Crippen LogP contribution in [0.3, 0.4) is 0 Å². The van der Waals surface area contributed by atoms with Gasteiger partial charge in [0.05, 0.1) is 17.1 Å². The van der Waals surface area contributed by atoms with Gasteiger partial charge in [-0.25, -0.2) is 0 Å². The Morgan fingerprint density at radius 3 is 2.62 bits per heavy atom. The van der Waals surface area contributed by atoms with Gasteiger partial charge in [-0.2, -0.15) is 0 Å². The van der Waals surface area contributed by atoms with E-state index in [-0.39, 0.29) is 5.91 Å². The summed E-state index contributed by atoms with van der Waals surface area (Å²) < 4.78 is 1.86. The van der Waals surface area contributed by atoms with Crippen LogP contribution >= 0.6 is 31.9 Å². The maximum Gasteiger partial charge on any atom is 0.251 e. The zero-order chi connectivity index (χ0) is 15.4. The summed E-state index contributed by atoms with van der Waals surface area (Å²) in [6.45, 7) is 2.47. The molecule has 0 aliphatic rings. The minimum Gasteiger partial charge on any atom is -0.397 e. The molecule has 0 unspecified atom stereocenters. The predicted octanol–water partition coefficient (Wildman–Crippen LogP) is 4.29. The number of amides is 1. The van der Waals surface area contributed by atoms with E-state index in [4.69, 9.17) is 5.73 Å². The van der Waals surface area contributed by atoms with E-state index in [2.05, 4.69) is 42.5 Å². The Bertz CT molecular complexity index is 674. The summed E-state index contributed by atoms with van der Waals surface area (Å²) in [5.74, 6) is -0.117. The lowest BCUT2D eigenvalue weighted by Crippen LogP contribution is -2.22. The molecule has 1 amide bonds. The van der Waals surface area contributed by atoms with Gasteiger partial charge in [-0.05, 0) is 59.3 Å². The maximum absolute atomic E-state index is 11.9. The SMILES string of the molecule is CCNC(=O)c1ccc(N)c(Nc2cc(Br)ccc2Br)c1. The highest BCUT2D eigenvalue weighted by molar-refractivity contribution is 9.11. The number of carbonyl (C=O) groups is 1. The van der Waals surface area contributed by atoms with Crippen molar-refractivity contribution in [3.8, 4) is 0 Å². The highest BCUT2D eigenvalue weighted by Gasteiger charge is 2.09. The van der Waals surface area contributed by atoms with E-state index in [1.807, 2.05) is 25.1 Å². The molecule has 6 heteroatoms. The highest BCUT2D eigenvalue weighted by atomic mass is 79.9. The lowest BCUT2D eigenvalue weighted by molar-refractivity contribution is 0.0956. The minimum atomic E-state index is -0.117. The number of benzene rings is 2. The lowest BCUT2D eigenvalue weighted by atomic mass is 10.1. The summed E-state index contributed by atoms with van der Waals surface area (Å²) in [6.07, 6.45) is 0. The Labute approximate surface area is 140 Å². The molecule has 2 rings (SSSR count). The first kappa shape index (κ1) is 15.9. The smallest absolute Gasteiger partial charge is 0.251 e. The normalized spacial score (nSPS) is 10.2. The molecule has 0 atom stereocenters. The van der Waals surface area contributed by atoms with Crippen molar-refractivity contribution in [2.75, 3.05) is 17.6 Å². The van der Waals surface area contributed by atoms with Gasteiger partial charge in [-0.3, -0.25) is 4.79 Å². The summed E-state index contributed by atoms with van der Waals surface area (Å²) in [6, 6.07) is 11.0. The van der Waals surface area contributed by atoms with E-state index in [1.54, 1.807) is 18.2 Å². The standard InChI is InChI=1S/C15H15Br2N3O/c1-2-19-15(21)9-3-6-12(18)14(7-9)20-13-8-10(16)4-5-11(13)17/h3-8,20H,2,18H2,1H3,(H,19,21). The van der Waals surface area contributed by atoms with Crippen LogP contribution in [0.4, 0.5) is 17.1 Å². The van der Waals surface area contributed by atoms with E-state index in [0.29, 0.717) is 23.5 Å². The summed E-state index contributed by atoms with van der Waals surface area (Å²) >= 11 is 6.91. The van der Waals surface area contributed by atoms with Gasteiger partial charge in [0.15, 0.2) is 0 Å². The number of anilines is 3. The second kappa shape index (κ2) is 6.95. The van der Waals surface area contributed by atoms with Crippen LogP contribution in [0, 0.1) is 0 Å². The van der Waals surface area contributed by atoms with Crippen molar-refractivity contribution in [2.24, 2.45) is 0 Å². The molecular formula is C15H15Br2N3O.